The third-order valence-corrected chi connectivity index (χ3v) is 6.24. The fourth-order valence-electron chi connectivity index (χ4n) is 3.49. The van der Waals surface area contributed by atoms with Crippen molar-refractivity contribution in [3.05, 3.63) is 102 Å². The molecule has 0 atom stereocenters. The summed E-state index contributed by atoms with van der Waals surface area (Å²) in [5, 5.41) is 0. The number of hydrogen-bond donors (Lipinski definition) is 0. The highest BCUT2D eigenvalue weighted by molar-refractivity contribution is 7.92. The van der Waals surface area contributed by atoms with E-state index in [2.05, 4.69) is 0 Å². The molecule has 5 nitrogen and oxygen atoms in total. The zero-order valence-corrected chi connectivity index (χ0v) is 18.8. The number of benzene rings is 3. The van der Waals surface area contributed by atoms with Crippen LogP contribution in [-0.2, 0) is 27.9 Å². The van der Waals surface area contributed by atoms with Gasteiger partial charge in [0, 0.05) is 26.1 Å². The zero-order chi connectivity index (χ0) is 23.0. The highest BCUT2D eigenvalue weighted by atomic mass is 32.2. The molecule has 1 amide bonds. The SMILES string of the molecule is CS(=O)(=O)N(CCCC(=O)N(Cc1ccccc1)Cc1ccccc1)c1ccccc1F. The van der Waals surface area contributed by atoms with Crippen molar-refractivity contribution in [2.24, 2.45) is 0 Å². The van der Waals surface area contributed by atoms with Gasteiger partial charge in [0.25, 0.3) is 0 Å². The number of carbonyl (C=O) groups is 1. The van der Waals surface area contributed by atoms with E-state index in [0.717, 1.165) is 21.7 Å². The Morgan fingerprint density at radius 1 is 0.812 bits per heavy atom. The summed E-state index contributed by atoms with van der Waals surface area (Å²) in [5.74, 6) is -0.696. The molecule has 0 spiro atoms. The van der Waals surface area contributed by atoms with Crippen molar-refractivity contribution >= 4 is 21.6 Å². The van der Waals surface area contributed by atoms with Crippen LogP contribution >= 0.6 is 0 Å². The van der Waals surface area contributed by atoms with Crippen LogP contribution in [-0.4, -0.2) is 32.0 Å². The second-order valence-electron chi connectivity index (χ2n) is 7.61. The Hall–Kier alpha value is -3.19. The summed E-state index contributed by atoms with van der Waals surface area (Å²) in [6.07, 6.45) is 1.47. The molecule has 0 radical (unpaired) electrons. The second-order valence-corrected chi connectivity index (χ2v) is 9.52. The van der Waals surface area contributed by atoms with Gasteiger partial charge in [0.1, 0.15) is 5.82 Å². The lowest BCUT2D eigenvalue weighted by Gasteiger charge is -2.25. The Labute approximate surface area is 189 Å². The Bertz CT molecular complexity index is 1080. The summed E-state index contributed by atoms with van der Waals surface area (Å²) in [4.78, 5) is 14.8. The average molecular weight is 455 g/mol. The molecular formula is C25H27FN2O3S. The van der Waals surface area contributed by atoms with Crippen LogP contribution in [0.1, 0.15) is 24.0 Å². The van der Waals surface area contributed by atoms with Crippen molar-refractivity contribution in [2.45, 2.75) is 25.9 Å². The average Bonchev–Trinajstić information content (AvgIpc) is 2.77. The predicted octanol–water partition coefficient (Wildman–Crippen LogP) is 4.60. The predicted molar refractivity (Wildman–Crippen MR) is 125 cm³/mol. The van der Waals surface area contributed by atoms with Crippen LogP contribution in [0.25, 0.3) is 0 Å². The van der Waals surface area contributed by atoms with Gasteiger partial charge in [-0.15, -0.1) is 0 Å². The number of carbonyl (C=O) groups excluding carboxylic acids is 1. The maximum Gasteiger partial charge on any atom is 0.232 e. The van der Waals surface area contributed by atoms with Gasteiger partial charge in [-0.2, -0.15) is 0 Å². The van der Waals surface area contributed by atoms with Crippen molar-refractivity contribution in [3.63, 3.8) is 0 Å². The van der Waals surface area contributed by atoms with E-state index >= 15 is 0 Å². The summed E-state index contributed by atoms with van der Waals surface area (Å²) in [6.45, 7) is 0.936. The third-order valence-electron chi connectivity index (χ3n) is 5.06. The Balaban J connectivity index is 1.70. The first-order valence-corrected chi connectivity index (χ1v) is 12.3. The van der Waals surface area contributed by atoms with Crippen LogP contribution in [0, 0.1) is 5.82 Å². The quantitative estimate of drug-likeness (QED) is 0.450. The van der Waals surface area contributed by atoms with E-state index in [9.17, 15) is 17.6 Å². The van der Waals surface area contributed by atoms with Gasteiger partial charge < -0.3 is 4.90 Å². The molecule has 0 N–H and O–H groups in total. The van der Waals surface area contributed by atoms with Gasteiger partial charge in [-0.1, -0.05) is 72.8 Å². The maximum atomic E-state index is 14.2. The Morgan fingerprint density at radius 3 is 1.81 bits per heavy atom. The first kappa shape index (κ1) is 23.5. The fraction of sp³-hybridized carbons (Fsp3) is 0.240. The molecule has 0 aliphatic carbocycles. The molecule has 0 unspecified atom stereocenters. The monoisotopic (exact) mass is 454 g/mol. The molecule has 7 heteroatoms. The molecule has 0 saturated heterocycles. The molecule has 0 aliphatic rings. The number of para-hydroxylation sites is 1. The van der Waals surface area contributed by atoms with Crippen molar-refractivity contribution in [3.8, 4) is 0 Å². The van der Waals surface area contributed by atoms with E-state index in [4.69, 9.17) is 0 Å². The summed E-state index contributed by atoms with van der Waals surface area (Å²) in [5.41, 5.74) is 2.02. The summed E-state index contributed by atoms with van der Waals surface area (Å²) in [7, 11) is -3.69. The molecule has 0 saturated carbocycles. The van der Waals surface area contributed by atoms with Crippen LogP contribution in [0.3, 0.4) is 0 Å². The number of nitrogens with zero attached hydrogens (tertiary/aromatic N) is 2. The Kier molecular flexibility index (Phi) is 8.00. The van der Waals surface area contributed by atoms with Crippen molar-refractivity contribution < 1.29 is 17.6 Å². The number of sulfonamides is 1. The zero-order valence-electron chi connectivity index (χ0n) is 18.0. The number of halogens is 1. The van der Waals surface area contributed by atoms with Gasteiger partial charge in [0.15, 0.2) is 0 Å². The molecule has 0 heterocycles. The van der Waals surface area contributed by atoms with Crippen LogP contribution in [0.15, 0.2) is 84.9 Å². The standard InChI is InChI=1S/C25H27FN2O3S/c1-32(30,31)28(24-16-9-8-15-23(24)26)18-10-17-25(29)27(19-21-11-4-2-5-12-21)20-22-13-6-3-7-14-22/h2-9,11-16H,10,17-20H2,1H3. The third kappa shape index (κ3) is 6.65. The van der Waals surface area contributed by atoms with E-state index in [0.29, 0.717) is 13.1 Å². The highest BCUT2D eigenvalue weighted by Gasteiger charge is 2.21. The minimum Gasteiger partial charge on any atom is -0.334 e. The summed E-state index contributed by atoms with van der Waals surface area (Å²) in [6, 6.07) is 25.2. The first-order chi connectivity index (χ1) is 15.3. The molecular weight excluding hydrogens is 427 g/mol. The van der Waals surface area contributed by atoms with E-state index in [1.165, 1.54) is 18.2 Å². The van der Waals surface area contributed by atoms with Gasteiger partial charge in [-0.25, -0.2) is 12.8 Å². The lowest BCUT2D eigenvalue weighted by molar-refractivity contribution is -0.132. The minimum atomic E-state index is -3.69. The normalized spacial score (nSPS) is 11.2. The molecule has 3 aromatic rings. The number of rotatable bonds is 10. The van der Waals surface area contributed by atoms with Gasteiger partial charge in [0.2, 0.25) is 15.9 Å². The molecule has 0 aliphatic heterocycles. The topological polar surface area (TPSA) is 57.7 Å². The highest BCUT2D eigenvalue weighted by Crippen LogP contribution is 2.22. The minimum absolute atomic E-state index is 0.00660. The molecule has 0 bridgehead atoms. The molecule has 168 valence electrons. The summed E-state index contributed by atoms with van der Waals surface area (Å²) >= 11 is 0. The number of hydrogen-bond acceptors (Lipinski definition) is 3. The number of anilines is 1. The van der Waals surface area contributed by atoms with E-state index < -0.39 is 15.8 Å². The molecule has 3 aromatic carbocycles. The van der Waals surface area contributed by atoms with Gasteiger partial charge in [0.05, 0.1) is 11.9 Å². The molecule has 32 heavy (non-hydrogen) atoms. The van der Waals surface area contributed by atoms with Crippen molar-refractivity contribution in [2.75, 3.05) is 17.1 Å². The smallest absolute Gasteiger partial charge is 0.232 e. The van der Waals surface area contributed by atoms with E-state index in [-0.39, 0.29) is 31.0 Å². The fourth-order valence-corrected chi connectivity index (χ4v) is 4.46. The lowest BCUT2D eigenvalue weighted by atomic mass is 10.1. The molecule has 0 fully saturated rings. The Morgan fingerprint density at radius 2 is 1.31 bits per heavy atom. The van der Waals surface area contributed by atoms with Gasteiger partial charge >= 0.3 is 0 Å². The largest absolute Gasteiger partial charge is 0.334 e. The van der Waals surface area contributed by atoms with Crippen LogP contribution in [0.2, 0.25) is 0 Å². The first-order valence-electron chi connectivity index (χ1n) is 10.4. The molecule has 3 rings (SSSR count). The van der Waals surface area contributed by atoms with Crippen LogP contribution in [0.5, 0.6) is 0 Å². The maximum absolute atomic E-state index is 14.2. The van der Waals surface area contributed by atoms with E-state index in [1.807, 2.05) is 60.7 Å². The lowest BCUT2D eigenvalue weighted by Crippen LogP contribution is -2.34. The molecule has 0 aromatic heterocycles. The van der Waals surface area contributed by atoms with Crippen molar-refractivity contribution in [1.82, 2.24) is 4.90 Å². The number of amides is 1. The second kappa shape index (κ2) is 10.9. The van der Waals surface area contributed by atoms with Gasteiger partial charge in [-0.05, 0) is 29.7 Å². The van der Waals surface area contributed by atoms with Crippen molar-refractivity contribution in [1.29, 1.82) is 0 Å². The van der Waals surface area contributed by atoms with E-state index in [1.54, 1.807) is 11.0 Å². The van der Waals surface area contributed by atoms with Crippen LogP contribution < -0.4 is 4.31 Å². The van der Waals surface area contributed by atoms with Crippen LogP contribution in [0.4, 0.5) is 10.1 Å². The van der Waals surface area contributed by atoms with Gasteiger partial charge in [-0.3, -0.25) is 9.10 Å². The summed E-state index contributed by atoms with van der Waals surface area (Å²) < 4.78 is 39.7.